The Balaban J connectivity index is 2.49. The molecule has 0 aliphatic heterocycles. The largest absolute Gasteiger partial charge is 0.396 e. The standard InChI is InChI=1S/C17H24BrN3/c1-4-5-6-9-21(12(2)3)17-14-10-13(18)7-8-16(14)20-11-15(17)19/h7-8,10-12H,4-6,9,19H2,1-3H3. The third-order valence-corrected chi connectivity index (χ3v) is 4.24. The number of hydrogen-bond acceptors (Lipinski definition) is 3. The molecule has 0 bridgehead atoms. The number of hydrogen-bond donors (Lipinski definition) is 1. The van der Waals surface area contributed by atoms with Crippen LogP contribution >= 0.6 is 15.9 Å². The first kappa shape index (κ1) is 16.1. The van der Waals surface area contributed by atoms with Crippen LogP contribution < -0.4 is 10.6 Å². The minimum Gasteiger partial charge on any atom is -0.396 e. The van der Waals surface area contributed by atoms with Crippen molar-refractivity contribution in [3.05, 3.63) is 28.9 Å². The molecule has 0 saturated heterocycles. The molecule has 0 aliphatic rings. The number of nitrogens with zero attached hydrogens (tertiary/aromatic N) is 2. The second kappa shape index (κ2) is 7.12. The highest BCUT2D eigenvalue weighted by atomic mass is 79.9. The molecule has 0 atom stereocenters. The summed E-state index contributed by atoms with van der Waals surface area (Å²) in [5.74, 6) is 0. The maximum atomic E-state index is 6.26. The first-order valence-electron chi connectivity index (χ1n) is 7.65. The van der Waals surface area contributed by atoms with Crippen molar-refractivity contribution in [2.24, 2.45) is 0 Å². The molecule has 114 valence electrons. The van der Waals surface area contributed by atoms with Crippen LogP contribution in [0.2, 0.25) is 0 Å². The van der Waals surface area contributed by atoms with Gasteiger partial charge >= 0.3 is 0 Å². The van der Waals surface area contributed by atoms with Gasteiger partial charge in [0, 0.05) is 22.4 Å². The Hall–Kier alpha value is -1.29. The van der Waals surface area contributed by atoms with Gasteiger partial charge in [0.25, 0.3) is 0 Å². The molecule has 0 unspecified atom stereocenters. The Kier molecular flexibility index (Phi) is 5.45. The molecule has 0 spiro atoms. The fraction of sp³-hybridized carbons (Fsp3) is 0.471. The van der Waals surface area contributed by atoms with Gasteiger partial charge in [-0.25, -0.2) is 0 Å². The van der Waals surface area contributed by atoms with Gasteiger partial charge in [-0.1, -0.05) is 35.7 Å². The molecule has 0 amide bonds. The van der Waals surface area contributed by atoms with Crippen molar-refractivity contribution in [1.82, 2.24) is 4.98 Å². The molecule has 2 aromatic rings. The predicted octanol–water partition coefficient (Wildman–Crippen LogP) is 4.98. The van der Waals surface area contributed by atoms with Crippen LogP contribution in [0.3, 0.4) is 0 Å². The monoisotopic (exact) mass is 349 g/mol. The van der Waals surface area contributed by atoms with Crippen molar-refractivity contribution < 1.29 is 0 Å². The molecule has 3 nitrogen and oxygen atoms in total. The minimum atomic E-state index is 0.411. The lowest BCUT2D eigenvalue weighted by Gasteiger charge is -2.31. The van der Waals surface area contributed by atoms with Crippen LogP contribution in [0.4, 0.5) is 11.4 Å². The predicted molar refractivity (Wildman–Crippen MR) is 95.9 cm³/mol. The molecule has 2 rings (SSSR count). The van der Waals surface area contributed by atoms with E-state index in [-0.39, 0.29) is 0 Å². The number of anilines is 2. The van der Waals surface area contributed by atoms with Crippen molar-refractivity contribution in [2.75, 3.05) is 17.2 Å². The highest BCUT2D eigenvalue weighted by Crippen LogP contribution is 2.34. The second-order valence-electron chi connectivity index (χ2n) is 5.72. The first-order chi connectivity index (χ1) is 10.0. The summed E-state index contributed by atoms with van der Waals surface area (Å²) >= 11 is 3.55. The number of aromatic nitrogens is 1. The molecule has 21 heavy (non-hydrogen) atoms. The summed E-state index contributed by atoms with van der Waals surface area (Å²) < 4.78 is 1.06. The highest BCUT2D eigenvalue weighted by molar-refractivity contribution is 9.10. The molecule has 0 fully saturated rings. The number of pyridine rings is 1. The number of rotatable bonds is 6. The first-order valence-corrected chi connectivity index (χ1v) is 8.44. The van der Waals surface area contributed by atoms with Gasteiger partial charge in [-0.05, 0) is 38.5 Å². The minimum absolute atomic E-state index is 0.411. The van der Waals surface area contributed by atoms with Crippen molar-refractivity contribution in [3.63, 3.8) is 0 Å². The van der Waals surface area contributed by atoms with E-state index in [1.54, 1.807) is 6.20 Å². The molecule has 0 radical (unpaired) electrons. The molecule has 4 heteroatoms. The van der Waals surface area contributed by atoms with Crippen LogP contribution in [0.15, 0.2) is 28.9 Å². The van der Waals surface area contributed by atoms with Gasteiger partial charge in [0.1, 0.15) is 0 Å². The Bertz CT molecular complexity index is 605. The Labute approximate surface area is 135 Å². The van der Waals surface area contributed by atoms with E-state index >= 15 is 0 Å². The smallest absolute Gasteiger partial charge is 0.0745 e. The van der Waals surface area contributed by atoms with Gasteiger partial charge in [0.2, 0.25) is 0 Å². The normalized spacial score (nSPS) is 11.3. The van der Waals surface area contributed by atoms with E-state index in [0.29, 0.717) is 6.04 Å². The van der Waals surface area contributed by atoms with Gasteiger partial charge in [-0.3, -0.25) is 4.98 Å². The number of unbranched alkanes of at least 4 members (excludes halogenated alkanes) is 2. The van der Waals surface area contributed by atoms with Crippen molar-refractivity contribution in [1.29, 1.82) is 0 Å². The van der Waals surface area contributed by atoms with E-state index in [1.807, 2.05) is 12.1 Å². The summed E-state index contributed by atoms with van der Waals surface area (Å²) in [6, 6.07) is 6.58. The van der Waals surface area contributed by atoms with Gasteiger partial charge in [0.05, 0.1) is 23.1 Å². The van der Waals surface area contributed by atoms with E-state index in [0.717, 1.165) is 33.3 Å². The zero-order chi connectivity index (χ0) is 15.4. The van der Waals surface area contributed by atoms with Crippen LogP contribution in [-0.2, 0) is 0 Å². The molecule has 1 aromatic heterocycles. The number of nitrogens with two attached hydrogens (primary N) is 1. The Morgan fingerprint density at radius 2 is 2.05 bits per heavy atom. The summed E-state index contributed by atoms with van der Waals surface area (Å²) in [6.07, 6.45) is 5.44. The number of nitrogen functional groups attached to an aromatic ring is 1. The quantitative estimate of drug-likeness (QED) is 0.747. The zero-order valence-electron chi connectivity index (χ0n) is 13.1. The van der Waals surface area contributed by atoms with Crippen LogP contribution in [0, 0.1) is 0 Å². The summed E-state index contributed by atoms with van der Waals surface area (Å²) in [5, 5.41) is 1.12. The Morgan fingerprint density at radius 3 is 2.71 bits per heavy atom. The third kappa shape index (κ3) is 3.67. The van der Waals surface area contributed by atoms with Crippen LogP contribution in [-0.4, -0.2) is 17.6 Å². The summed E-state index contributed by atoms with van der Waals surface area (Å²) in [5.41, 5.74) is 9.12. The van der Waals surface area contributed by atoms with Crippen LogP contribution in [0.25, 0.3) is 10.9 Å². The maximum absolute atomic E-state index is 6.26. The van der Waals surface area contributed by atoms with Crippen molar-refractivity contribution in [2.45, 2.75) is 46.1 Å². The average molecular weight is 350 g/mol. The highest BCUT2D eigenvalue weighted by Gasteiger charge is 2.17. The number of fused-ring (bicyclic) bond motifs is 1. The van der Waals surface area contributed by atoms with E-state index < -0.39 is 0 Å². The van der Waals surface area contributed by atoms with Crippen molar-refractivity contribution in [3.8, 4) is 0 Å². The van der Waals surface area contributed by atoms with E-state index in [4.69, 9.17) is 5.73 Å². The molecule has 0 saturated carbocycles. The van der Waals surface area contributed by atoms with Gasteiger partial charge in [0.15, 0.2) is 0 Å². The molecule has 1 aromatic carbocycles. The lowest BCUT2D eigenvalue weighted by Crippen LogP contribution is -2.32. The second-order valence-corrected chi connectivity index (χ2v) is 6.63. The maximum Gasteiger partial charge on any atom is 0.0745 e. The lowest BCUT2D eigenvalue weighted by atomic mass is 10.1. The van der Waals surface area contributed by atoms with Crippen LogP contribution in [0.5, 0.6) is 0 Å². The summed E-state index contributed by atoms with van der Waals surface area (Å²) in [6.45, 7) is 7.69. The zero-order valence-corrected chi connectivity index (χ0v) is 14.7. The summed E-state index contributed by atoms with van der Waals surface area (Å²) in [7, 11) is 0. The molecule has 2 N–H and O–H groups in total. The van der Waals surface area contributed by atoms with Crippen LogP contribution in [0.1, 0.15) is 40.0 Å². The number of benzene rings is 1. The van der Waals surface area contributed by atoms with E-state index in [2.05, 4.69) is 52.7 Å². The summed E-state index contributed by atoms with van der Waals surface area (Å²) in [4.78, 5) is 6.85. The molecular weight excluding hydrogens is 326 g/mol. The van der Waals surface area contributed by atoms with Gasteiger partial charge in [-0.2, -0.15) is 0 Å². The molecule has 0 aliphatic carbocycles. The van der Waals surface area contributed by atoms with Gasteiger partial charge in [-0.15, -0.1) is 0 Å². The SMILES string of the molecule is CCCCCN(c1c(N)cnc2ccc(Br)cc12)C(C)C. The lowest BCUT2D eigenvalue weighted by molar-refractivity contribution is 0.628. The topological polar surface area (TPSA) is 42.1 Å². The molecular formula is C17H24BrN3. The van der Waals surface area contributed by atoms with E-state index in [1.165, 1.54) is 19.3 Å². The molecule has 1 heterocycles. The van der Waals surface area contributed by atoms with Gasteiger partial charge < -0.3 is 10.6 Å². The van der Waals surface area contributed by atoms with E-state index in [9.17, 15) is 0 Å². The van der Waals surface area contributed by atoms with Crippen molar-refractivity contribution >= 4 is 38.2 Å². The fourth-order valence-electron chi connectivity index (χ4n) is 2.65. The number of halogens is 1. The fourth-order valence-corrected chi connectivity index (χ4v) is 3.01. The average Bonchev–Trinajstić information content (AvgIpc) is 2.44. The Morgan fingerprint density at radius 1 is 1.29 bits per heavy atom. The third-order valence-electron chi connectivity index (χ3n) is 3.74.